The van der Waals surface area contributed by atoms with Gasteiger partial charge < -0.3 is 0 Å². The van der Waals surface area contributed by atoms with Crippen LogP contribution in [0.4, 0.5) is 13.2 Å². The van der Waals surface area contributed by atoms with Gasteiger partial charge in [0.2, 0.25) is 0 Å². The molecule has 99 valence electrons. The molecule has 7 heteroatoms. The molecule has 1 radical (unpaired) electrons. The molecule has 0 aliphatic rings. The van der Waals surface area contributed by atoms with Crippen molar-refractivity contribution in [2.24, 2.45) is 0 Å². The summed E-state index contributed by atoms with van der Waals surface area (Å²) in [5.41, 5.74) is 1.08. The van der Waals surface area contributed by atoms with Crippen molar-refractivity contribution >= 4 is 21.6 Å². The van der Waals surface area contributed by atoms with Crippen LogP contribution in [-0.4, -0.2) is 9.97 Å². The van der Waals surface area contributed by atoms with E-state index in [1.165, 1.54) is 17.7 Å². The molecule has 2 aromatic heterocycles. The molecule has 19 heavy (non-hydrogen) atoms. The summed E-state index contributed by atoms with van der Waals surface area (Å²) in [6, 6.07) is 4.79. The molecule has 0 saturated heterocycles. The quantitative estimate of drug-likeness (QED) is 0.413. The molecule has 0 aliphatic carbocycles. The fraction of sp³-hybridized carbons (Fsp3) is 0. The first kappa shape index (κ1) is 14.1. The summed E-state index contributed by atoms with van der Waals surface area (Å²) in [7, 11) is 0. The number of halogens is 3. The topological polar surface area (TPSA) is 25.8 Å². The summed E-state index contributed by atoms with van der Waals surface area (Å²) in [5.74, 6) is -4.15. The van der Waals surface area contributed by atoms with Gasteiger partial charge in [0.1, 0.15) is 12.1 Å². The van der Waals surface area contributed by atoms with E-state index in [-0.39, 0.29) is 25.7 Å². The summed E-state index contributed by atoms with van der Waals surface area (Å²) >= 11 is 1.34. The molecular weight excluding hydrogens is 453 g/mol. The van der Waals surface area contributed by atoms with Crippen molar-refractivity contribution in [2.45, 2.75) is 0 Å². The van der Waals surface area contributed by atoms with E-state index in [1.807, 2.05) is 0 Å². The Morgan fingerprint density at radius 1 is 1.16 bits per heavy atom. The van der Waals surface area contributed by atoms with E-state index in [4.69, 9.17) is 0 Å². The van der Waals surface area contributed by atoms with Crippen LogP contribution in [-0.2, 0) is 20.1 Å². The molecule has 0 amide bonds. The van der Waals surface area contributed by atoms with Gasteiger partial charge in [-0.1, -0.05) is 0 Å². The van der Waals surface area contributed by atoms with Crippen LogP contribution in [0.5, 0.6) is 0 Å². The average molecular weight is 457 g/mol. The molecule has 0 fully saturated rings. The van der Waals surface area contributed by atoms with E-state index in [0.29, 0.717) is 15.9 Å². The van der Waals surface area contributed by atoms with E-state index < -0.39 is 17.5 Å². The largest absolute Gasteiger partial charge is 0.284 e. The molecule has 2 nitrogen and oxygen atoms in total. The maximum atomic E-state index is 13.2. The van der Waals surface area contributed by atoms with Gasteiger partial charge in [-0.3, -0.25) is 9.37 Å². The Kier molecular flexibility index (Phi) is 3.99. The van der Waals surface area contributed by atoms with Crippen molar-refractivity contribution in [2.75, 3.05) is 0 Å². The van der Waals surface area contributed by atoms with Crippen molar-refractivity contribution in [1.82, 2.24) is 9.97 Å². The van der Waals surface area contributed by atoms with Gasteiger partial charge in [-0.25, -0.2) is 13.8 Å². The molecule has 0 spiro atoms. The van der Waals surface area contributed by atoms with E-state index in [0.717, 1.165) is 6.07 Å². The second-order valence-corrected chi connectivity index (χ2v) is 4.43. The summed E-state index contributed by atoms with van der Waals surface area (Å²) in [6.45, 7) is 0. The Morgan fingerprint density at radius 3 is 2.68 bits per heavy atom. The first-order valence-electron chi connectivity index (χ1n) is 4.92. The Hall–Kier alpha value is -1.30. The molecule has 0 N–H and O–H groups in total. The molecule has 3 aromatic rings. The molecule has 1 aromatic carbocycles. The van der Waals surface area contributed by atoms with Crippen molar-refractivity contribution in [3.63, 3.8) is 0 Å². The van der Waals surface area contributed by atoms with E-state index >= 15 is 0 Å². The predicted octanol–water partition coefficient (Wildman–Crippen LogP) is 3.57. The van der Waals surface area contributed by atoms with Crippen LogP contribution in [0.15, 0.2) is 23.8 Å². The summed E-state index contributed by atoms with van der Waals surface area (Å²) in [6.07, 6.45) is 1.29. The first-order chi connectivity index (χ1) is 8.66. The van der Waals surface area contributed by atoms with Gasteiger partial charge in [0.25, 0.3) is 0 Å². The third-order valence-electron chi connectivity index (χ3n) is 2.42. The zero-order valence-electron chi connectivity index (χ0n) is 9.08. The third-order valence-corrected chi connectivity index (χ3v) is 3.33. The van der Waals surface area contributed by atoms with Crippen LogP contribution < -0.4 is 0 Å². The number of aromatic nitrogens is 2. The standard InChI is InChI=1S/C12H4F3N2S.Ir/c13-7-3-6(4-8(14)10(7)15)11-12-9(1-2-18-12)16-5-17-11;/h1-3,5H;/q-1;. The van der Waals surface area contributed by atoms with Crippen LogP contribution in [0.1, 0.15) is 0 Å². The van der Waals surface area contributed by atoms with Crippen LogP contribution in [0.2, 0.25) is 0 Å². The van der Waals surface area contributed by atoms with E-state index in [1.54, 1.807) is 11.4 Å². The second kappa shape index (κ2) is 5.36. The monoisotopic (exact) mass is 458 g/mol. The molecule has 0 atom stereocenters. The molecular formula is C12H4F3IrN2S-. The zero-order valence-corrected chi connectivity index (χ0v) is 12.3. The maximum Gasteiger partial charge on any atom is 0.108 e. The van der Waals surface area contributed by atoms with Crippen LogP contribution in [0.3, 0.4) is 0 Å². The predicted molar refractivity (Wildman–Crippen MR) is 61.6 cm³/mol. The minimum absolute atomic E-state index is 0. The van der Waals surface area contributed by atoms with E-state index in [9.17, 15) is 13.2 Å². The van der Waals surface area contributed by atoms with Gasteiger partial charge in [-0.15, -0.1) is 17.7 Å². The minimum atomic E-state index is -1.53. The van der Waals surface area contributed by atoms with E-state index in [2.05, 4.69) is 16.0 Å². The second-order valence-electron chi connectivity index (χ2n) is 3.52. The zero-order chi connectivity index (χ0) is 12.7. The number of nitrogens with zero attached hydrogens (tertiary/aromatic N) is 2. The number of hydrogen-bond acceptors (Lipinski definition) is 3. The molecule has 0 bridgehead atoms. The SMILES string of the molecule is Fc1[c-]c(-c2ncnc3ccsc23)cc(F)c1F.[Ir]. The molecule has 2 heterocycles. The fourth-order valence-electron chi connectivity index (χ4n) is 1.61. The minimum Gasteiger partial charge on any atom is -0.284 e. The Balaban J connectivity index is 0.00000133. The van der Waals surface area contributed by atoms with Crippen molar-refractivity contribution in [1.29, 1.82) is 0 Å². The number of benzene rings is 1. The summed E-state index contributed by atoms with van der Waals surface area (Å²) in [5, 5.41) is 1.79. The van der Waals surface area contributed by atoms with Crippen molar-refractivity contribution in [3.05, 3.63) is 47.4 Å². The Bertz CT molecular complexity index is 722. The van der Waals surface area contributed by atoms with Gasteiger partial charge >= 0.3 is 0 Å². The van der Waals surface area contributed by atoms with Crippen LogP contribution in [0.25, 0.3) is 21.5 Å². The molecule has 0 unspecified atom stereocenters. The number of hydrogen-bond donors (Lipinski definition) is 0. The number of thiophene rings is 1. The molecule has 0 aliphatic heterocycles. The summed E-state index contributed by atoms with van der Waals surface area (Å²) < 4.78 is 39.9. The number of fused-ring (bicyclic) bond motifs is 1. The molecule has 3 rings (SSSR count). The number of rotatable bonds is 1. The van der Waals surface area contributed by atoms with Gasteiger partial charge in [-0.05, 0) is 11.4 Å². The normalized spacial score (nSPS) is 10.5. The first-order valence-corrected chi connectivity index (χ1v) is 5.80. The molecule has 0 saturated carbocycles. The summed E-state index contributed by atoms with van der Waals surface area (Å²) in [4.78, 5) is 7.99. The van der Waals surface area contributed by atoms with Gasteiger partial charge in [0.05, 0.1) is 17.2 Å². The Labute approximate surface area is 123 Å². The fourth-order valence-corrected chi connectivity index (χ4v) is 2.46. The maximum absolute atomic E-state index is 13.2. The Morgan fingerprint density at radius 2 is 1.95 bits per heavy atom. The average Bonchev–Trinajstić information content (AvgIpc) is 2.83. The third kappa shape index (κ3) is 2.41. The van der Waals surface area contributed by atoms with Gasteiger partial charge in [0, 0.05) is 30.5 Å². The van der Waals surface area contributed by atoms with Crippen molar-refractivity contribution < 1.29 is 33.3 Å². The van der Waals surface area contributed by atoms with Crippen molar-refractivity contribution in [3.8, 4) is 11.3 Å². The van der Waals surface area contributed by atoms with Gasteiger partial charge in [-0.2, -0.15) is 11.3 Å². The van der Waals surface area contributed by atoms with Gasteiger partial charge in [0.15, 0.2) is 0 Å². The smallest absolute Gasteiger partial charge is 0.108 e. The van der Waals surface area contributed by atoms with Crippen LogP contribution in [0, 0.1) is 23.5 Å². The van der Waals surface area contributed by atoms with Crippen LogP contribution >= 0.6 is 11.3 Å².